The van der Waals surface area contributed by atoms with E-state index in [0.29, 0.717) is 0 Å². The molecule has 6 heteroatoms. The molecule has 0 radical (unpaired) electrons. The zero-order valence-corrected chi connectivity index (χ0v) is 12.0. The molecule has 23 heavy (non-hydrogen) atoms. The number of benzene rings is 2. The summed E-state index contributed by atoms with van der Waals surface area (Å²) in [6.45, 7) is -2.81. The summed E-state index contributed by atoms with van der Waals surface area (Å²) in [5.41, 5.74) is 3.70. The smallest absolute Gasteiger partial charge is 0.387 e. The van der Waals surface area contributed by atoms with Gasteiger partial charge in [0, 0.05) is 0 Å². The van der Waals surface area contributed by atoms with Crippen LogP contribution in [-0.2, 0) is 0 Å². The molecule has 0 saturated heterocycles. The van der Waals surface area contributed by atoms with Crippen LogP contribution in [0.15, 0.2) is 54.7 Å². The standard InChI is InChI=1S/C17H13F2N3O/c18-17(19)23-16-9-6-14(7-10-16)13-4-1-12(2-5-13)3-8-15-11-20-22-21-15/h1-11,17H,(H,20,21,22). The van der Waals surface area contributed by atoms with Crippen LogP contribution in [-0.4, -0.2) is 22.0 Å². The molecule has 0 fully saturated rings. The molecule has 2 aromatic carbocycles. The quantitative estimate of drug-likeness (QED) is 0.766. The van der Waals surface area contributed by atoms with Crippen molar-refractivity contribution in [2.75, 3.05) is 0 Å². The van der Waals surface area contributed by atoms with E-state index in [9.17, 15) is 8.78 Å². The van der Waals surface area contributed by atoms with Gasteiger partial charge in [-0.05, 0) is 34.9 Å². The number of H-pyrrole nitrogens is 1. The molecule has 0 bridgehead atoms. The Labute approximate surface area is 131 Å². The predicted molar refractivity (Wildman–Crippen MR) is 83.8 cm³/mol. The van der Waals surface area contributed by atoms with Gasteiger partial charge in [0.25, 0.3) is 0 Å². The molecule has 0 spiro atoms. The minimum atomic E-state index is -2.81. The van der Waals surface area contributed by atoms with Gasteiger partial charge in [-0.15, -0.1) is 0 Å². The van der Waals surface area contributed by atoms with Crippen LogP contribution in [0.5, 0.6) is 5.75 Å². The Kier molecular flexibility index (Phi) is 4.42. The van der Waals surface area contributed by atoms with E-state index in [2.05, 4.69) is 20.1 Å². The average Bonchev–Trinajstić information content (AvgIpc) is 3.07. The average molecular weight is 313 g/mol. The lowest BCUT2D eigenvalue weighted by atomic mass is 10.0. The van der Waals surface area contributed by atoms with Gasteiger partial charge in [0.15, 0.2) is 0 Å². The third kappa shape index (κ3) is 4.00. The van der Waals surface area contributed by atoms with E-state index < -0.39 is 6.61 Å². The Morgan fingerprint density at radius 1 is 0.913 bits per heavy atom. The van der Waals surface area contributed by atoms with Crippen molar-refractivity contribution in [2.24, 2.45) is 0 Å². The Balaban J connectivity index is 1.71. The Morgan fingerprint density at radius 2 is 1.57 bits per heavy atom. The lowest BCUT2D eigenvalue weighted by Gasteiger charge is -2.06. The summed E-state index contributed by atoms with van der Waals surface area (Å²) in [6, 6.07) is 14.4. The molecule has 0 unspecified atom stereocenters. The van der Waals surface area contributed by atoms with Crippen LogP contribution >= 0.6 is 0 Å². The first-order valence-corrected chi connectivity index (χ1v) is 6.90. The molecule has 0 amide bonds. The van der Waals surface area contributed by atoms with Crippen molar-refractivity contribution in [3.05, 3.63) is 66.0 Å². The Morgan fingerprint density at radius 3 is 2.13 bits per heavy atom. The van der Waals surface area contributed by atoms with Gasteiger partial charge in [-0.1, -0.05) is 42.5 Å². The Bertz CT molecular complexity index is 767. The van der Waals surface area contributed by atoms with E-state index in [1.54, 1.807) is 18.3 Å². The first-order valence-electron chi connectivity index (χ1n) is 6.90. The van der Waals surface area contributed by atoms with E-state index >= 15 is 0 Å². The third-order valence-corrected chi connectivity index (χ3v) is 3.20. The van der Waals surface area contributed by atoms with Gasteiger partial charge in [-0.3, -0.25) is 0 Å². The normalized spacial score (nSPS) is 11.3. The van der Waals surface area contributed by atoms with Gasteiger partial charge in [-0.25, -0.2) is 0 Å². The lowest BCUT2D eigenvalue weighted by Crippen LogP contribution is -2.01. The lowest BCUT2D eigenvalue weighted by molar-refractivity contribution is -0.0498. The van der Waals surface area contributed by atoms with Crippen LogP contribution in [0.4, 0.5) is 8.78 Å². The number of aromatic amines is 1. The summed E-state index contributed by atoms with van der Waals surface area (Å²) in [6.07, 6.45) is 5.42. The largest absolute Gasteiger partial charge is 0.435 e. The highest BCUT2D eigenvalue weighted by atomic mass is 19.3. The molecular weight excluding hydrogens is 300 g/mol. The zero-order chi connectivity index (χ0) is 16.1. The van der Waals surface area contributed by atoms with E-state index in [1.165, 1.54) is 12.1 Å². The number of aromatic nitrogens is 3. The number of rotatable bonds is 5. The third-order valence-electron chi connectivity index (χ3n) is 3.20. The second-order valence-corrected chi connectivity index (χ2v) is 4.75. The fourth-order valence-electron chi connectivity index (χ4n) is 2.09. The number of hydrogen-bond donors (Lipinski definition) is 1. The summed E-state index contributed by atoms with van der Waals surface area (Å²) in [5, 5.41) is 10.2. The minimum Gasteiger partial charge on any atom is -0.435 e. The van der Waals surface area contributed by atoms with E-state index in [1.807, 2.05) is 36.4 Å². The molecule has 4 nitrogen and oxygen atoms in total. The first-order chi connectivity index (χ1) is 11.2. The molecule has 3 rings (SSSR count). The van der Waals surface area contributed by atoms with Crippen molar-refractivity contribution < 1.29 is 13.5 Å². The monoisotopic (exact) mass is 313 g/mol. The maximum absolute atomic E-state index is 12.1. The number of hydrogen-bond acceptors (Lipinski definition) is 3. The Hall–Kier alpha value is -3.02. The maximum atomic E-state index is 12.1. The second-order valence-electron chi connectivity index (χ2n) is 4.75. The molecular formula is C17H13F2N3O. The molecule has 116 valence electrons. The van der Waals surface area contributed by atoms with Crippen molar-refractivity contribution in [1.82, 2.24) is 15.4 Å². The molecule has 0 aliphatic carbocycles. The highest BCUT2D eigenvalue weighted by Gasteiger charge is 2.04. The number of alkyl halides is 2. The highest BCUT2D eigenvalue weighted by molar-refractivity contribution is 5.71. The first kappa shape index (κ1) is 14.9. The molecule has 1 heterocycles. The topological polar surface area (TPSA) is 50.8 Å². The summed E-state index contributed by atoms with van der Waals surface area (Å²) in [7, 11) is 0. The van der Waals surface area contributed by atoms with Gasteiger partial charge in [-0.2, -0.15) is 24.2 Å². The number of nitrogens with zero attached hydrogens (tertiary/aromatic N) is 2. The van der Waals surface area contributed by atoms with Crippen LogP contribution in [0.25, 0.3) is 23.3 Å². The summed E-state index contributed by atoms with van der Waals surface area (Å²) < 4.78 is 28.6. The molecule has 1 N–H and O–H groups in total. The SMILES string of the molecule is FC(F)Oc1ccc(-c2ccc(C=Cc3cn[nH]n3)cc2)cc1. The van der Waals surface area contributed by atoms with E-state index in [4.69, 9.17) is 0 Å². The fraction of sp³-hybridized carbons (Fsp3) is 0.0588. The van der Waals surface area contributed by atoms with Crippen molar-refractivity contribution >= 4 is 12.2 Å². The maximum Gasteiger partial charge on any atom is 0.387 e. The second kappa shape index (κ2) is 6.83. The predicted octanol–water partition coefficient (Wildman–Crippen LogP) is 4.24. The van der Waals surface area contributed by atoms with Crippen LogP contribution in [0.2, 0.25) is 0 Å². The van der Waals surface area contributed by atoms with Gasteiger partial charge in [0.2, 0.25) is 0 Å². The molecule has 0 aliphatic heterocycles. The molecule has 0 atom stereocenters. The van der Waals surface area contributed by atoms with Crippen molar-refractivity contribution in [2.45, 2.75) is 6.61 Å². The van der Waals surface area contributed by atoms with Crippen LogP contribution < -0.4 is 4.74 Å². The van der Waals surface area contributed by atoms with Crippen LogP contribution in [0.1, 0.15) is 11.3 Å². The zero-order valence-electron chi connectivity index (χ0n) is 12.0. The number of nitrogens with one attached hydrogen (secondary N) is 1. The van der Waals surface area contributed by atoms with Gasteiger partial charge >= 0.3 is 6.61 Å². The molecule has 0 aliphatic rings. The van der Waals surface area contributed by atoms with Crippen LogP contribution in [0.3, 0.4) is 0 Å². The molecule has 3 aromatic rings. The highest BCUT2D eigenvalue weighted by Crippen LogP contribution is 2.24. The van der Waals surface area contributed by atoms with E-state index in [0.717, 1.165) is 22.4 Å². The van der Waals surface area contributed by atoms with Gasteiger partial charge in [0.05, 0.1) is 6.20 Å². The molecule has 1 aromatic heterocycles. The summed E-state index contributed by atoms with van der Waals surface area (Å²) in [5.74, 6) is 0.149. The number of ether oxygens (including phenoxy) is 1. The van der Waals surface area contributed by atoms with Gasteiger partial charge in [0.1, 0.15) is 11.4 Å². The van der Waals surface area contributed by atoms with Crippen molar-refractivity contribution in [3.63, 3.8) is 0 Å². The molecule has 0 saturated carbocycles. The van der Waals surface area contributed by atoms with Crippen LogP contribution in [0, 0.1) is 0 Å². The minimum absolute atomic E-state index is 0.149. The fourth-order valence-corrected chi connectivity index (χ4v) is 2.09. The van der Waals surface area contributed by atoms with E-state index in [-0.39, 0.29) is 5.75 Å². The number of halogens is 2. The van der Waals surface area contributed by atoms with Crippen molar-refractivity contribution in [3.8, 4) is 16.9 Å². The van der Waals surface area contributed by atoms with Crippen molar-refractivity contribution in [1.29, 1.82) is 0 Å². The summed E-state index contributed by atoms with van der Waals surface area (Å²) >= 11 is 0. The summed E-state index contributed by atoms with van der Waals surface area (Å²) in [4.78, 5) is 0. The van der Waals surface area contributed by atoms with Gasteiger partial charge < -0.3 is 4.74 Å².